The molecule has 1 unspecified atom stereocenters. The van der Waals surface area contributed by atoms with Gasteiger partial charge in [-0.05, 0) is 29.7 Å². The quantitative estimate of drug-likeness (QED) is 0.717. The Balaban J connectivity index is 2.34. The van der Waals surface area contributed by atoms with Crippen LogP contribution in [0.4, 0.5) is 0 Å². The summed E-state index contributed by atoms with van der Waals surface area (Å²) in [5.41, 5.74) is 0.770. The smallest absolute Gasteiger partial charge is 0.0948 e. The van der Waals surface area contributed by atoms with Crippen LogP contribution in [-0.4, -0.2) is 11.0 Å². The number of aliphatic hydroxyl groups is 1. The molecule has 0 aromatic heterocycles. The summed E-state index contributed by atoms with van der Waals surface area (Å²) in [6, 6.07) is 15.3. The molecule has 0 radical (unpaired) electrons. The topological polar surface area (TPSA) is 20.2 Å². The largest absolute Gasteiger partial charge is 0.385 e. The summed E-state index contributed by atoms with van der Waals surface area (Å²) < 4.78 is 0.923. The van der Waals surface area contributed by atoms with Gasteiger partial charge in [0.05, 0.1) is 5.60 Å². The zero-order chi connectivity index (χ0) is 14.6. The third-order valence-corrected chi connectivity index (χ3v) is 4.35. The van der Waals surface area contributed by atoms with Crippen molar-refractivity contribution in [3.8, 4) is 0 Å². The Labute approximate surface area is 137 Å². The molecule has 1 atom stereocenters. The molecule has 0 fully saturated rings. The van der Waals surface area contributed by atoms with Crippen LogP contribution >= 0.6 is 39.1 Å². The first kappa shape index (κ1) is 15.8. The monoisotopic (exact) mass is 372 g/mol. The second-order valence-electron chi connectivity index (χ2n) is 4.75. The molecular weight excluding hydrogens is 359 g/mol. The van der Waals surface area contributed by atoms with Gasteiger partial charge in [-0.15, -0.1) is 11.6 Å². The minimum Gasteiger partial charge on any atom is -0.385 e. The van der Waals surface area contributed by atoms with E-state index in [0.29, 0.717) is 23.7 Å². The van der Waals surface area contributed by atoms with E-state index in [1.807, 2.05) is 48.5 Å². The van der Waals surface area contributed by atoms with Gasteiger partial charge < -0.3 is 5.11 Å². The van der Waals surface area contributed by atoms with Crippen molar-refractivity contribution in [2.24, 2.45) is 0 Å². The fourth-order valence-corrected chi connectivity index (χ4v) is 3.27. The van der Waals surface area contributed by atoms with Crippen molar-refractivity contribution < 1.29 is 5.11 Å². The highest BCUT2D eigenvalue weighted by molar-refractivity contribution is 9.10. The molecule has 4 heteroatoms. The van der Waals surface area contributed by atoms with Crippen LogP contribution < -0.4 is 0 Å². The zero-order valence-corrected chi connectivity index (χ0v) is 13.9. The molecule has 0 aliphatic rings. The van der Waals surface area contributed by atoms with Crippen LogP contribution in [-0.2, 0) is 12.0 Å². The highest BCUT2D eigenvalue weighted by Crippen LogP contribution is 2.33. The maximum absolute atomic E-state index is 11.0. The van der Waals surface area contributed by atoms with Gasteiger partial charge in [-0.3, -0.25) is 0 Å². The molecule has 0 aliphatic carbocycles. The van der Waals surface area contributed by atoms with Crippen LogP contribution in [0.2, 0.25) is 5.02 Å². The zero-order valence-electron chi connectivity index (χ0n) is 10.8. The highest BCUT2D eigenvalue weighted by atomic mass is 79.9. The van der Waals surface area contributed by atoms with Crippen LogP contribution in [0.15, 0.2) is 53.0 Å². The Hall–Kier alpha value is -0.540. The number of rotatable bonds is 5. The summed E-state index contributed by atoms with van der Waals surface area (Å²) in [4.78, 5) is 0. The van der Waals surface area contributed by atoms with Gasteiger partial charge in [-0.2, -0.15) is 0 Å². The Morgan fingerprint density at radius 3 is 2.40 bits per heavy atom. The molecule has 0 saturated heterocycles. The van der Waals surface area contributed by atoms with Gasteiger partial charge in [0.25, 0.3) is 0 Å². The predicted octanol–water partition coefficient (Wildman–Crippen LogP) is 5.16. The van der Waals surface area contributed by atoms with E-state index < -0.39 is 5.60 Å². The number of benzene rings is 2. The molecule has 1 nitrogen and oxygen atoms in total. The van der Waals surface area contributed by atoms with E-state index in [1.54, 1.807) is 0 Å². The van der Waals surface area contributed by atoms with Crippen LogP contribution in [0.25, 0.3) is 0 Å². The van der Waals surface area contributed by atoms with E-state index in [0.717, 1.165) is 15.6 Å². The Bertz CT molecular complexity index is 574. The molecule has 0 amide bonds. The summed E-state index contributed by atoms with van der Waals surface area (Å²) in [7, 11) is 0. The van der Waals surface area contributed by atoms with E-state index in [-0.39, 0.29) is 0 Å². The summed E-state index contributed by atoms with van der Waals surface area (Å²) in [5, 5.41) is 11.6. The number of hydrogen-bond donors (Lipinski definition) is 1. The average Bonchev–Trinajstić information content (AvgIpc) is 2.43. The normalized spacial score (nSPS) is 14.0. The molecule has 0 spiro atoms. The summed E-state index contributed by atoms with van der Waals surface area (Å²) >= 11 is 15.5. The molecule has 20 heavy (non-hydrogen) atoms. The van der Waals surface area contributed by atoms with E-state index >= 15 is 0 Å². The first-order valence-corrected chi connectivity index (χ1v) is 8.03. The highest BCUT2D eigenvalue weighted by Gasteiger charge is 2.29. The third kappa shape index (κ3) is 3.76. The van der Waals surface area contributed by atoms with Crippen molar-refractivity contribution in [2.75, 3.05) is 5.88 Å². The average molecular weight is 374 g/mol. The van der Waals surface area contributed by atoms with Crippen molar-refractivity contribution in [2.45, 2.75) is 18.4 Å². The van der Waals surface area contributed by atoms with Gasteiger partial charge >= 0.3 is 0 Å². The van der Waals surface area contributed by atoms with E-state index in [2.05, 4.69) is 15.9 Å². The second-order valence-corrected chi connectivity index (χ2v) is 6.45. The molecule has 2 aromatic rings. The standard InChI is InChI=1S/C16H15BrCl2O/c17-14-7-6-12(15(19)10-14)11-16(20,8-9-18)13-4-2-1-3-5-13/h1-7,10,20H,8-9,11H2. The molecule has 0 aliphatic heterocycles. The van der Waals surface area contributed by atoms with Gasteiger partial charge in [-0.25, -0.2) is 0 Å². The first-order valence-electron chi connectivity index (χ1n) is 6.33. The van der Waals surface area contributed by atoms with Crippen LogP contribution in [0.1, 0.15) is 17.5 Å². The van der Waals surface area contributed by atoms with Gasteiger partial charge in [0.1, 0.15) is 0 Å². The van der Waals surface area contributed by atoms with Gasteiger partial charge in [0.2, 0.25) is 0 Å². The Kier molecular flexibility index (Phi) is 5.50. The molecule has 0 heterocycles. The van der Waals surface area contributed by atoms with Crippen molar-refractivity contribution in [1.29, 1.82) is 0 Å². The molecule has 0 saturated carbocycles. The summed E-state index contributed by atoms with van der Waals surface area (Å²) in [6.45, 7) is 0. The fourth-order valence-electron chi connectivity index (χ4n) is 2.22. The van der Waals surface area contributed by atoms with Crippen molar-refractivity contribution in [3.63, 3.8) is 0 Å². The van der Waals surface area contributed by atoms with Gasteiger partial charge in [-0.1, -0.05) is 63.9 Å². The molecular formula is C16H15BrCl2O. The van der Waals surface area contributed by atoms with E-state index in [1.165, 1.54) is 0 Å². The lowest BCUT2D eigenvalue weighted by Gasteiger charge is -2.28. The molecule has 2 rings (SSSR count). The molecule has 1 N–H and O–H groups in total. The Morgan fingerprint density at radius 2 is 1.80 bits per heavy atom. The van der Waals surface area contributed by atoms with Gasteiger partial charge in [0, 0.05) is 21.8 Å². The van der Waals surface area contributed by atoms with Crippen LogP contribution in [0.5, 0.6) is 0 Å². The maximum atomic E-state index is 11.0. The fraction of sp³-hybridized carbons (Fsp3) is 0.250. The number of hydrogen-bond acceptors (Lipinski definition) is 1. The van der Waals surface area contributed by atoms with Crippen molar-refractivity contribution in [1.82, 2.24) is 0 Å². The molecule has 2 aromatic carbocycles. The number of alkyl halides is 1. The van der Waals surface area contributed by atoms with Crippen molar-refractivity contribution >= 4 is 39.1 Å². The summed E-state index contributed by atoms with van der Waals surface area (Å²) in [5.74, 6) is 0.388. The predicted molar refractivity (Wildman–Crippen MR) is 88.5 cm³/mol. The summed E-state index contributed by atoms with van der Waals surface area (Å²) in [6.07, 6.45) is 0.917. The minimum atomic E-state index is -1.000. The van der Waals surface area contributed by atoms with Crippen LogP contribution in [0.3, 0.4) is 0 Å². The van der Waals surface area contributed by atoms with E-state index in [4.69, 9.17) is 23.2 Å². The van der Waals surface area contributed by atoms with Crippen molar-refractivity contribution in [3.05, 3.63) is 69.2 Å². The Morgan fingerprint density at radius 1 is 1.10 bits per heavy atom. The minimum absolute atomic E-state index is 0.388. The third-order valence-electron chi connectivity index (χ3n) is 3.32. The maximum Gasteiger partial charge on any atom is 0.0948 e. The van der Waals surface area contributed by atoms with E-state index in [9.17, 15) is 5.11 Å². The van der Waals surface area contributed by atoms with Gasteiger partial charge in [0.15, 0.2) is 0 Å². The second kappa shape index (κ2) is 6.95. The SMILES string of the molecule is OC(CCCl)(Cc1ccc(Br)cc1Cl)c1ccccc1. The first-order chi connectivity index (χ1) is 9.55. The van der Waals surface area contributed by atoms with Crippen LogP contribution in [0, 0.1) is 0 Å². The molecule has 0 bridgehead atoms. The lowest BCUT2D eigenvalue weighted by molar-refractivity contribution is 0.0337. The molecule has 106 valence electrons. The lowest BCUT2D eigenvalue weighted by Crippen LogP contribution is -2.29. The number of halogens is 3. The lowest BCUT2D eigenvalue weighted by atomic mass is 9.85.